The summed E-state index contributed by atoms with van der Waals surface area (Å²) >= 11 is 0. The normalized spacial score (nSPS) is 17.7. The first-order valence-electron chi connectivity index (χ1n) is 10.3. The summed E-state index contributed by atoms with van der Waals surface area (Å²) in [6.07, 6.45) is 2.45. The smallest absolute Gasteiger partial charge is 0.309 e. The highest BCUT2D eigenvalue weighted by atomic mass is 16.5. The second-order valence-electron chi connectivity index (χ2n) is 7.82. The number of benzene rings is 1. The molecule has 1 aromatic carbocycles. The van der Waals surface area contributed by atoms with E-state index in [4.69, 9.17) is 4.74 Å². The second-order valence-corrected chi connectivity index (χ2v) is 7.82. The highest BCUT2D eigenvalue weighted by Gasteiger charge is 2.45. The number of amides is 1. The Hall–Kier alpha value is -3.22. The van der Waals surface area contributed by atoms with Gasteiger partial charge in [-0.2, -0.15) is 5.10 Å². The monoisotopic (exact) mass is 406 g/mol. The van der Waals surface area contributed by atoms with Gasteiger partial charge in [0.05, 0.1) is 35.8 Å². The van der Waals surface area contributed by atoms with E-state index in [-0.39, 0.29) is 23.7 Å². The first-order chi connectivity index (χ1) is 14.5. The van der Waals surface area contributed by atoms with Gasteiger partial charge in [-0.15, -0.1) is 0 Å². The average Bonchev–Trinajstić information content (AvgIpc) is 3.44. The molecule has 3 aromatic rings. The Kier molecular flexibility index (Phi) is 5.53. The molecule has 1 fully saturated rings. The van der Waals surface area contributed by atoms with Gasteiger partial charge in [-0.3, -0.25) is 19.3 Å². The number of pyridine rings is 1. The predicted molar refractivity (Wildman–Crippen MR) is 113 cm³/mol. The Morgan fingerprint density at radius 1 is 1.27 bits per heavy atom. The van der Waals surface area contributed by atoms with E-state index in [9.17, 15) is 9.59 Å². The molecule has 1 aliphatic rings. The van der Waals surface area contributed by atoms with Crippen molar-refractivity contribution in [3.05, 3.63) is 59.5 Å². The minimum Gasteiger partial charge on any atom is -0.466 e. The Labute approximate surface area is 175 Å². The molecule has 4 rings (SSSR count). The summed E-state index contributed by atoms with van der Waals surface area (Å²) in [5, 5.41) is 5.44. The van der Waals surface area contributed by atoms with E-state index >= 15 is 0 Å². The van der Waals surface area contributed by atoms with Crippen LogP contribution in [0.5, 0.6) is 0 Å². The van der Waals surface area contributed by atoms with Crippen LogP contribution >= 0.6 is 0 Å². The molecule has 1 aliphatic carbocycles. The van der Waals surface area contributed by atoms with Gasteiger partial charge in [0.25, 0.3) is 5.91 Å². The largest absolute Gasteiger partial charge is 0.466 e. The fraction of sp³-hybridized carbons (Fsp3) is 0.391. The van der Waals surface area contributed by atoms with Crippen LogP contribution in [0.1, 0.15) is 35.1 Å². The number of aryl methyl sites for hydroxylation is 2. The molecule has 2 atom stereocenters. The fourth-order valence-electron chi connectivity index (χ4n) is 3.84. The number of esters is 1. The Balaban J connectivity index is 1.61. The summed E-state index contributed by atoms with van der Waals surface area (Å²) in [7, 11) is 1.89. The standard InChI is InChI=1S/C23H26N4O3/c1-4-30-23(29)20-12-17(20)13-27(14-18-11-15(2)26(3)25-18)22(28)19-9-5-7-16-8-6-10-24-21(16)19/h5-11,17,20H,4,12-14H2,1-3H3/t17-,20-/m1/s1. The first-order valence-corrected chi connectivity index (χ1v) is 10.3. The Morgan fingerprint density at radius 2 is 2.07 bits per heavy atom. The number of nitrogens with zero attached hydrogens (tertiary/aromatic N) is 4. The zero-order valence-corrected chi connectivity index (χ0v) is 17.5. The number of hydrogen-bond acceptors (Lipinski definition) is 5. The molecule has 2 heterocycles. The highest BCUT2D eigenvalue weighted by Crippen LogP contribution is 2.40. The van der Waals surface area contributed by atoms with Crippen LogP contribution < -0.4 is 0 Å². The van der Waals surface area contributed by atoms with Crippen molar-refractivity contribution in [3.63, 3.8) is 0 Å². The lowest BCUT2D eigenvalue weighted by atomic mass is 10.1. The molecular formula is C23H26N4O3. The summed E-state index contributed by atoms with van der Waals surface area (Å²) in [5.41, 5.74) is 3.10. The molecule has 1 saturated carbocycles. The van der Waals surface area contributed by atoms with Gasteiger partial charge in [-0.25, -0.2) is 0 Å². The third kappa shape index (κ3) is 4.06. The number of carbonyl (C=O) groups excluding carboxylic acids is 2. The summed E-state index contributed by atoms with van der Waals surface area (Å²) in [5.74, 6) is -0.287. The van der Waals surface area contributed by atoms with Gasteiger partial charge in [-0.05, 0) is 44.4 Å². The van der Waals surface area contributed by atoms with Gasteiger partial charge < -0.3 is 9.64 Å². The van der Waals surface area contributed by atoms with E-state index in [2.05, 4.69) is 10.1 Å². The summed E-state index contributed by atoms with van der Waals surface area (Å²) in [6, 6.07) is 11.4. The van der Waals surface area contributed by atoms with E-state index in [0.29, 0.717) is 30.8 Å². The van der Waals surface area contributed by atoms with Crippen molar-refractivity contribution in [2.24, 2.45) is 18.9 Å². The summed E-state index contributed by atoms with van der Waals surface area (Å²) in [4.78, 5) is 31.8. The number of fused-ring (bicyclic) bond motifs is 1. The SMILES string of the molecule is CCOC(=O)[C@@H]1C[C@@H]1CN(Cc1cc(C)n(C)n1)C(=O)c1cccc2cccnc12. The van der Waals surface area contributed by atoms with Crippen molar-refractivity contribution in [1.29, 1.82) is 0 Å². The lowest BCUT2D eigenvalue weighted by Crippen LogP contribution is -2.33. The van der Waals surface area contributed by atoms with Gasteiger partial charge in [-0.1, -0.05) is 18.2 Å². The van der Waals surface area contributed by atoms with Crippen LogP contribution in [0.2, 0.25) is 0 Å². The molecule has 0 aliphatic heterocycles. The van der Waals surface area contributed by atoms with Crippen LogP contribution in [0.15, 0.2) is 42.6 Å². The van der Waals surface area contributed by atoms with Gasteiger partial charge in [0.1, 0.15) is 0 Å². The lowest BCUT2D eigenvalue weighted by molar-refractivity contribution is -0.145. The molecule has 7 heteroatoms. The maximum atomic E-state index is 13.6. The van der Waals surface area contributed by atoms with E-state index in [1.165, 1.54) is 0 Å². The maximum absolute atomic E-state index is 13.6. The first kappa shape index (κ1) is 20.1. The molecule has 0 radical (unpaired) electrons. The Bertz CT molecular complexity index is 1070. The number of rotatable bonds is 7. The number of ether oxygens (including phenoxy) is 1. The number of hydrogen-bond donors (Lipinski definition) is 0. The maximum Gasteiger partial charge on any atom is 0.309 e. The molecular weight excluding hydrogens is 380 g/mol. The number of para-hydroxylation sites is 1. The molecule has 0 spiro atoms. The minimum absolute atomic E-state index is 0.0999. The van der Waals surface area contributed by atoms with Crippen LogP contribution in [0.3, 0.4) is 0 Å². The van der Waals surface area contributed by atoms with Crippen LogP contribution in [0.4, 0.5) is 0 Å². The van der Waals surface area contributed by atoms with Gasteiger partial charge in [0.2, 0.25) is 0 Å². The van der Waals surface area contributed by atoms with E-state index < -0.39 is 0 Å². The third-order valence-corrected chi connectivity index (χ3v) is 5.63. The molecule has 156 valence electrons. The van der Waals surface area contributed by atoms with Gasteiger partial charge in [0, 0.05) is 30.9 Å². The van der Waals surface area contributed by atoms with Crippen molar-refractivity contribution in [3.8, 4) is 0 Å². The van der Waals surface area contributed by atoms with Crippen LogP contribution in [-0.4, -0.2) is 44.7 Å². The minimum atomic E-state index is -0.171. The third-order valence-electron chi connectivity index (χ3n) is 5.63. The molecule has 0 N–H and O–H groups in total. The van der Waals surface area contributed by atoms with Gasteiger partial charge >= 0.3 is 5.97 Å². The van der Waals surface area contributed by atoms with E-state index in [1.54, 1.807) is 15.8 Å². The molecule has 30 heavy (non-hydrogen) atoms. The molecule has 0 saturated heterocycles. The molecule has 7 nitrogen and oxygen atoms in total. The molecule has 0 unspecified atom stereocenters. The summed E-state index contributed by atoms with van der Waals surface area (Å²) < 4.78 is 6.95. The zero-order chi connectivity index (χ0) is 21.3. The van der Waals surface area contributed by atoms with Gasteiger partial charge in [0.15, 0.2) is 0 Å². The van der Waals surface area contributed by atoms with Crippen molar-refractivity contribution < 1.29 is 14.3 Å². The van der Waals surface area contributed by atoms with Crippen molar-refractivity contribution >= 4 is 22.8 Å². The van der Waals surface area contributed by atoms with E-state index in [1.807, 2.05) is 57.3 Å². The van der Waals surface area contributed by atoms with E-state index in [0.717, 1.165) is 23.2 Å². The molecule has 0 bridgehead atoms. The topological polar surface area (TPSA) is 77.3 Å². The zero-order valence-electron chi connectivity index (χ0n) is 17.5. The van der Waals surface area contributed by atoms with Crippen molar-refractivity contribution in [2.75, 3.05) is 13.2 Å². The number of carbonyl (C=O) groups is 2. The quantitative estimate of drug-likeness (QED) is 0.564. The second kappa shape index (κ2) is 8.26. The molecule has 1 amide bonds. The highest BCUT2D eigenvalue weighted by molar-refractivity contribution is 6.05. The Morgan fingerprint density at radius 3 is 2.80 bits per heavy atom. The fourth-order valence-corrected chi connectivity index (χ4v) is 3.84. The van der Waals surface area contributed by atoms with Crippen LogP contribution in [-0.2, 0) is 23.1 Å². The van der Waals surface area contributed by atoms with Crippen molar-refractivity contribution in [1.82, 2.24) is 19.7 Å². The van der Waals surface area contributed by atoms with Crippen LogP contribution in [0.25, 0.3) is 10.9 Å². The molecule has 2 aromatic heterocycles. The predicted octanol–water partition coefficient (Wildman–Crippen LogP) is 3.12. The average molecular weight is 406 g/mol. The number of aromatic nitrogens is 3. The van der Waals surface area contributed by atoms with Crippen molar-refractivity contribution in [2.45, 2.75) is 26.8 Å². The lowest BCUT2D eigenvalue weighted by Gasteiger charge is -2.22. The van der Waals surface area contributed by atoms with Crippen LogP contribution in [0, 0.1) is 18.8 Å². The summed E-state index contributed by atoms with van der Waals surface area (Å²) in [6.45, 7) is 5.04.